The average Bonchev–Trinajstić information content (AvgIpc) is 3.32. The van der Waals surface area contributed by atoms with Gasteiger partial charge in [0.05, 0.1) is 17.0 Å². The first-order chi connectivity index (χ1) is 20.2. The molecule has 2 aliphatic rings. The van der Waals surface area contributed by atoms with Crippen molar-refractivity contribution < 1.29 is 4.74 Å². The molecule has 0 saturated carbocycles. The summed E-state index contributed by atoms with van der Waals surface area (Å²) in [4.78, 5) is 0. The van der Waals surface area contributed by atoms with Gasteiger partial charge < -0.3 is 4.74 Å². The summed E-state index contributed by atoms with van der Waals surface area (Å²) in [5.41, 5.74) is 11.2. The molecular weight excluding hydrogens is 522 g/mol. The summed E-state index contributed by atoms with van der Waals surface area (Å²) < 4.78 is 6.44. The Morgan fingerprint density at radius 1 is 0.537 bits per heavy atom. The van der Waals surface area contributed by atoms with E-state index in [0.29, 0.717) is 5.56 Å². The van der Waals surface area contributed by atoms with Gasteiger partial charge in [0.15, 0.2) is 0 Å². The number of hydrogen-bond donors (Lipinski definition) is 0. The number of halogens is 1. The molecule has 6 aromatic carbocycles. The Hall–Kier alpha value is -5.10. The lowest BCUT2D eigenvalue weighted by molar-refractivity contribution is 0.436. The normalized spacial score (nSPS) is 13.4. The number of nitrogens with zero attached hydrogens (tertiary/aromatic N) is 1. The predicted molar refractivity (Wildman–Crippen MR) is 164 cm³/mol. The van der Waals surface area contributed by atoms with Crippen molar-refractivity contribution in [1.82, 2.24) is 0 Å². The fraction of sp³-hybridized carbons (Fsp3) is 0.0263. The maximum atomic E-state index is 9.39. The molecule has 0 atom stereocenters. The lowest BCUT2D eigenvalue weighted by atomic mass is 9.66. The van der Waals surface area contributed by atoms with Crippen LogP contribution in [-0.4, -0.2) is 0 Å². The molecule has 0 N–H and O–H groups in total. The fourth-order valence-electron chi connectivity index (χ4n) is 6.73. The van der Waals surface area contributed by atoms with Crippen molar-refractivity contribution in [2.75, 3.05) is 0 Å². The summed E-state index contributed by atoms with van der Waals surface area (Å²) in [6.07, 6.45) is 0. The Labute approximate surface area is 243 Å². The minimum Gasteiger partial charge on any atom is -0.457 e. The van der Waals surface area contributed by atoms with Crippen molar-refractivity contribution in [2.24, 2.45) is 0 Å². The van der Waals surface area contributed by atoms with Crippen LogP contribution in [0.15, 0.2) is 133 Å². The summed E-state index contributed by atoms with van der Waals surface area (Å²) in [7, 11) is 0. The molecule has 1 spiro atoms. The van der Waals surface area contributed by atoms with Crippen LogP contribution in [0.2, 0.25) is 5.02 Å². The molecule has 0 saturated heterocycles. The standard InChI is InChI=1S/C38H22ClNO/c39-34-15-7-14-33-37(34)29-22-28(27-11-6-10-26(21-27)25-9-5-8-24(20-25)23-40)18-19-30(29)38(33)31-12-1-3-16-35(31)41-36-17-4-2-13-32(36)38/h1-22H. The van der Waals surface area contributed by atoms with E-state index in [0.717, 1.165) is 61.0 Å². The van der Waals surface area contributed by atoms with Gasteiger partial charge in [0, 0.05) is 21.7 Å². The highest BCUT2D eigenvalue weighted by Gasteiger charge is 2.51. The summed E-state index contributed by atoms with van der Waals surface area (Å²) >= 11 is 7.03. The van der Waals surface area contributed by atoms with Crippen LogP contribution in [-0.2, 0) is 5.41 Å². The molecule has 2 nitrogen and oxygen atoms in total. The first-order valence-electron chi connectivity index (χ1n) is 13.6. The average molecular weight is 544 g/mol. The maximum absolute atomic E-state index is 9.39. The Morgan fingerprint density at radius 3 is 1.83 bits per heavy atom. The molecule has 1 heterocycles. The Balaban J connectivity index is 1.38. The predicted octanol–water partition coefficient (Wildman–Crippen LogP) is 10.0. The van der Waals surface area contributed by atoms with E-state index in [1.54, 1.807) is 0 Å². The number of benzene rings is 6. The van der Waals surface area contributed by atoms with Crippen molar-refractivity contribution in [1.29, 1.82) is 5.26 Å². The van der Waals surface area contributed by atoms with Gasteiger partial charge in [0.2, 0.25) is 0 Å². The molecule has 0 amide bonds. The van der Waals surface area contributed by atoms with E-state index in [2.05, 4.69) is 97.1 Å². The third-order valence-electron chi connectivity index (χ3n) is 8.43. The van der Waals surface area contributed by atoms with Crippen LogP contribution in [0, 0.1) is 11.3 Å². The molecule has 0 fully saturated rings. The maximum Gasteiger partial charge on any atom is 0.132 e. The second-order valence-corrected chi connectivity index (χ2v) is 10.9. The van der Waals surface area contributed by atoms with Crippen LogP contribution in [0.4, 0.5) is 0 Å². The summed E-state index contributed by atoms with van der Waals surface area (Å²) in [6, 6.07) is 48.2. The quantitative estimate of drug-likeness (QED) is 0.217. The molecule has 6 aromatic rings. The van der Waals surface area contributed by atoms with Crippen LogP contribution >= 0.6 is 11.6 Å². The largest absolute Gasteiger partial charge is 0.457 e. The van der Waals surface area contributed by atoms with Gasteiger partial charge in [0.1, 0.15) is 11.5 Å². The van der Waals surface area contributed by atoms with Gasteiger partial charge in [-0.3, -0.25) is 0 Å². The minimum atomic E-state index is -0.543. The van der Waals surface area contributed by atoms with Gasteiger partial charge in [-0.2, -0.15) is 5.26 Å². The van der Waals surface area contributed by atoms with Crippen molar-refractivity contribution in [3.8, 4) is 50.9 Å². The number of hydrogen-bond acceptors (Lipinski definition) is 2. The van der Waals surface area contributed by atoms with E-state index in [-0.39, 0.29) is 0 Å². The van der Waals surface area contributed by atoms with E-state index in [1.165, 1.54) is 11.1 Å². The van der Waals surface area contributed by atoms with Crippen molar-refractivity contribution in [2.45, 2.75) is 5.41 Å². The lowest BCUT2D eigenvalue weighted by Crippen LogP contribution is -2.32. The molecule has 1 aliphatic heterocycles. The van der Waals surface area contributed by atoms with Crippen LogP contribution in [0.25, 0.3) is 33.4 Å². The van der Waals surface area contributed by atoms with Crippen LogP contribution < -0.4 is 4.74 Å². The number of fused-ring (bicyclic) bond motifs is 9. The number of para-hydroxylation sites is 2. The molecule has 0 radical (unpaired) electrons. The monoisotopic (exact) mass is 543 g/mol. The Kier molecular flexibility index (Phi) is 5.19. The third kappa shape index (κ3) is 3.37. The highest BCUT2D eigenvalue weighted by atomic mass is 35.5. The zero-order valence-corrected chi connectivity index (χ0v) is 22.7. The molecule has 0 bridgehead atoms. The highest BCUT2D eigenvalue weighted by Crippen LogP contribution is 2.63. The van der Waals surface area contributed by atoms with Crippen molar-refractivity contribution >= 4 is 11.6 Å². The summed E-state index contributed by atoms with van der Waals surface area (Å²) in [5.74, 6) is 1.72. The Bertz CT molecular complexity index is 2020. The van der Waals surface area contributed by atoms with Crippen LogP contribution in [0.3, 0.4) is 0 Å². The smallest absolute Gasteiger partial charge is 0.132 e. The van der Waals surface area contributed by atoms with E-state index >= 15 is 0 Å². The second kappa shape index (κ2) is 8.96. The van der Waals surface area contributed by atoms with E-state index in [4.69, 9.17) is 16.3 Å². The number of ether oxygens (including phenoxy) is 1. The lowest BCUT2D eigenvalue weighted by Gasteiger charge is -2.39. The molecule has 1 aliphatic carbocycles. The number of nitriles is 1. The molecule has 8 rings (SSSR count). The van der Waals surface area contributed by atoms with E-state index in [9.17, 15) is 5.26 Å². The molecule has 0 unspecified atom stereocenters. The van der Waals surface area contributed by atoms with Crippen LogP contribution in [0.5, 0.6) is 11.5 Å². The summed E-state index contributed by atoms with van der Waals surface area (Å²) in [6.45, 7) is 0. The van der Waals surface area contributed by atoms with Gasteiger partial charge in [-0.1, -0.05) is 103 Å². The fourth-order valence-corrected chi connectivity index (χ4v) is 7.01. The van der Waals surface area contributed by atoms with E-state index in [1.807, 2.05) is 42.5 Å². The van der Waals surface area contributed by atoms with Gasteiger partial charge in [-0.15, -0.1) is 0 Å². The van der Waals surface area contributed by atoms with Crippen molar-refractivity contribution in [3.63, 3.8) is 0 Å². The third-order valence-corrected chi connectivity index (χ3v) is 8.75. The van der Waals surface area contributed by atoms with Gasteiger partial charge in [-0.25, -0.2) is 0 Å². The van der Waals surface area contributed by atoms with Gasteiger partial charge in [0.25, 0.3) is 0 Å². The molecule has 0 aromatic heterocycles. The second-order valence-electron chi connectivity index (χ2n) is 10.5. The van der Waals surface area contributed by atoms with Crippen LogP contribution in [0.1, 0.15) is 27.8 Å². The zero-order chi connectivity index (χ0) is 27.6. The molecule has 192 valence electrons. The SMILES string of the molecule is N#Cc1cccc(-c2cccc(-c3ccc4c(c3)-c3c(Cl)cccc3C43c4ccccc4Oc4ccccc43)c2)c1. The van der Waals surface area contributed by atoms with Crippen molar-refractivity contribution in [3.05, 3.63) is 166 Å². The molecular formula is C38H22ClNO. The topological polar surface area (TPSA) is 33.0 Å². The first kappa shape index (κ1) is 23.8. The van der Waals surface area contributed by atoms with Gasteiger partial charge in [-0.05, 0) is 81.4 Å². The summed E-state index contributed by atoms with van der Waals surface area (Å²) in [5, 5.41) is 10.1. The van der Waals surface area contributed by atoms with E-state index < -0.39 is 5.41 Å². The Morgan fingerprint density at radius 2 is 1.12 bits per heavy atom. The number of rotatable bonds is 2. The molecule has 3 heteroatoms. The minimum absolute atomic E-state index is 0.543. The first-order valence-corrected chi connectivity index (χ1v) is 14.0. The highest BCUT2D eigenvalue weighted by molar-refractivity contribution is 6.34. The zero-order valence-electron chi connectivity index (χ0n) is 21.9. The van der Waals surface area contributed by atoms with Gasteiger partial charge >= 0.3 is 0 Å². The molecule has 41 heavy (non-hydrogen) atoms.